The molecule has 0 radical (unpaired) electrons. The summed E-state index contributed by atoms with van der Waals surface area (Å²) in [6, 6.07) is 11.1. The van der Waals surface area contributed by atoms with E-state index in [4.69, 9.17) is 4.74 Å². The quantitative estimate of drug-likeness (QED) is 0.736. The smallest absolute Gasteiger partial charge is 0.202 e. The molecule has 0 saturated carbocycles. The van der Waals surface area contributed by atoms with Crippen LogP contribution in [0.5, 0.6) is 17.2 Å². The van der Waals surface area contributed by atoms with E-state index in [0.717, 1.165) is 6.07 Å². The summed E-state index contributed by atoms with van der Waals surface area (Å²) in [6.45, 7) is 0. The Labute approximate surface area is 114 Å². The molecular weight excluding hydrogens is 260 g/mol. The van der Waals surface area contributed by atoms with E-state index in [9.17, 15) is 20.1 Å². The number of benzene rings is 2. The topological polar surface area (TPSA) is 87.0 Å². The molecule has 1 aliphatic rings. The van der Waals surface area contributed by atoms with E-state index in [2.05, 4.69) is 0 Å². The number of aromatic hydroxyl groups is 2. The van der Waals surface area contributed by atoms with Gasteiger partial charge in [0, 0.05) is 12.1 Å². The fraction of sp³-hybridized carbons (Fsp3) is 0.133. The van der Waals surface area contributed by atoms with E-state index in [1.54, 1.807) is 24.3 Å². The Morgan fingerprint density at radius 2 is 1.75 bits per heavy atom. The molecule has 0 aromatic heterocycles. The zero-order chi connectivity index (χ0) is 14.3. The van der Waals surface area contributed by atoms with Gasteiger partial charge < -0.3 is 20.1 Å². The maximum atomic E-state index is 12.2. The van der Waals surface area contributed by atoms with E-state index in [1.165, 1.54) is 6.07 Å². The molecule has 2 aromatic carbocycles. The third-order valence-electron chi connectivity index (χ3n) is 3.25. The largest absolute Gasteiger partial charge is 0.508 e. The summed E-state index contributed by atoms with van der Waals surface area (Å²) in [5, 5.41) is 29.3. The van der Waals surface area contributed by atoms with Gasteiger partial charge in [0.15, 0.2) is 12.2 Å². The summed E-state index contributed by atoms with van der Waals surface area (Å²) < 4.78 is 5.57. The fourth-order valence-electron chi connectivity index (χ4n) is 2.31. The van der Waals surface area contributed by atoms with Crippen molar-refractivity contribution in [3.8, 4) is 17.2 Å². The summed E-state index contributed by atoms with van der Waals surface area (Å²) in [5.41, 5.74) is 0.532. The number of ketones is 1. The first-order valence-corrected chi connectivity index (χ1v) is 6.08. The third kappa shape index (κ3) is 1.88. The van der Waals surface area contributed by atoms with Crippen LogP contribution in [0.1, 0.15) is 22.0 Å². The SMILES string of the molecule is O=C1c2c(O)cc(O)cc2O[C@H](c2ccccc2)[C@@H]1O. The Bertz CT molecular complexity index is 665. The molecule has 2 aromatic rings. The number of Topliss-reactive ketones (excluding diaryl/α,β-unsaturated/α-hetero) is 1. The van der Waals surface area contributed by atoms with E-state index in [1.807, 2.05) is 6.07 Å². The standard InChI is InChI=1S/C15H12O5/c16-9-6-10(17)12-11(7-9)20-15(14(19)13(12)18)8-4-2-1-3-5-8/h1-7,14-17,19H/t14-,15-/m1/s1. The van der Waals surface area contributed by atoms with Gasteiger partial charge in [0.2, 0.25) is 5.78 Å². The summed E-state index contributed by atoms with van der Waals surface area (Å²) in [7, 11) is 0. The molecule has 0 fully saturated rings. The predicted molar refractivity (Wildman–Crippen MR) is 69.9 cm³/mol. The van der Waals surface area contributed by atoms with Gasteiger partial charge in [-0.25, -0.2) is 0 Å². The van der Waals surface area contributed by atoms with Gasteiger partial charge in [-0.3, -0.25) is 4.79 Å². The number of rotatable bonds is 1. The molecule has 0 unspecified atom stereocenters. The van der Waals surface area contributed by atoms with Crippen LogP contribution in [0.3, 0.4) is 0 Å². The van der Waals surface area contributed by atoms with Crippen LogP contribution in [0, 0.1) is 0 Å². The molecule has 2 atom stereocenters. The van der Waals surface area contributed by atoms with Gasteiger partial charge in [-0.2, -0.15) is 0 Å². The van der Waals surface area contributed by atoms with Crippen LogP contribution >= 0.6 is 0 Å². The Balaban J connectivity index is 2.09. The van der Waals surface area contributed by atoms with Gasteiger partial charge in [-0.05, 0) is 5.56 Å². The lowest BCUT2D eigenvalue weighted by molar-refractivity contribution is 0.0211. The normalized spacial score (nSPS) is 21.1. The van der Waals surface area contributed by atoms with Crippen molar-refractivity contribution in [3.05, 3.63) is 53.6 Å². The van der Waals surface area contributed by atoms with Crippen molar-refractivity contribution >= 4 is 5.78 Å². The molecule has 0 bridgehead atoms. The average molecular weight is 272 g/mol. The molecule has 102 valence electrons. The second kappa shape index (κ2) is 4.54. The molecule has 5 nitrogen and oxygen atoms in total. The molecule has 3 rings (SSSR count). The minimum Gasteiger partial charge on any atom is -0.508 e. The lowest BCUT2D eigenvalue weighted by Gasteiger charge is -2.30. The van der Waals surface area contributed by atoms with E-state index in [0.29, 0.717) is 5.56 Å². The fourth-order valence-corrected chi connectivity index (χ4v) is 2.31. The number of aliphatic hydroxyl groups is 1. The molecule has 1 aliphatic heterocycles. The minimum atomic E-state index is -1.40. The molecule has 3 N–H and O–H groups in total. The number of fused-ring (bicyclic) bond motifs is 1. The summed E-state index contributed by atoms with van der Waals surface area (Å²) in [5.74, 6) is -1.18. The molecule has 0 aliphatic carbocycles. The first-order valence-electron chi connectivity index (χ1n) is 6.08. The summed E-state index contributed by atoms with van der Waals surface area (Å²) >= 11 is 0. The number of hydrogen-bond donors (Lipinski definition) is 3. The van der Waals surface area contributed by atoms with Gasteiger partial charge in [0.1, 0.15) is 22.8 Å². The highest BCUT2D eigenvalue weighted by molar-refractivity contribution is 6.05. The Morgan fingerprint density at radius 3 is 2.45 bits per heavy atom. The van der Waals surface area contributed by atoms with E-state index in [-0.39, 0.29) is 17.1 Å². The number of carbonyl (C=O) groups is 1. The maximum Gasteiger partial charge on any atom is 0.202 e. The molecule has 0 saturated heterocycles. The Kier molecular flexibility index (Phi) is 2.84. The summed E-state index contributed by atoms with van der Waals surface area (Å²) in [4.78, 5) is 12.2. The van der Waals surface area contributed by atoms with Crippen LogP contribution in [-0.4, -0.2) is 27.2 Å². The van der Waals surface area contributed by atoms with Crippen molar-refractivity contribution in [3.63, 3.8) is 0 Å². The highest BCUT2D eigenvalue weighted by Crippen LogP contribution is 2.41. The van der Waals surface area contributed by atoms with Crippen LogP contribution in [-0.2, 0) is 0 Å². The third-order valence-corrected chi connectivity index (χ3v) is 3.25. The average Bonchev–Trinajstić information content (AvgIpc) is 2.43. The molecule has 0 spiro atoms. The van der Waals surface area contributed by atoms with Crippen LogP contribution < -0.4 is 4.74 Å². The van der Waals surface area contributed by atoms with Gasteiger partial charge >= 0.3 is 0 Å². The summed E-state index contributed by atoms with van der Waals surface area (Å²) in [6.07, 6.45) is -2.27. The van der Waals surface area contributed by atoms with Crippen molar-refractivity contribution in [1.82, 2.24) is 0 Å². The number of carbonyl (C=O) groups excluding carboxylic acids is 1. The Hall–Kier alpha value is -2.53. The molecule has 0 amide bonds. The zero-order valence-corrected chi connectivity index (χ0v) is 10.4. The molecular formula is C15H12O5. The number of phenolic OH excluding ortho intramolecular Hbond substituents is 2. The second-order valence-corrected chi connectivity index (χ2v) is 4.60. The minimum absolute atomic E-state index is 0.0617. The second-order valence-electron chi connectivity index (χ2n) is 4.60. The molecule has 20 heavy (non-hydrogen) atoms. The van der Waals surface area contributed by atoms with Gasteiger partial charge in [-0.15, -0.1) is 0 Å². The Morgan fingerprint density at radius 1 is 1.05 bits per heavy atom. The molecule has 1 heterocycles. The van der Waals surface area contributed by atoms with Crippen molar-refractivity contribution < 1.29 is 24.9 Å². The van der Waals surface area contributed by atoms with Crippen LogP contribution in [0.15, 0.2) is 42.5 Å². The van der Waals surface area contributed by atoms with Crippen LogP contribution in [0.2, 0.25) is 0 Å². The van der Waals surface area contributed by atoms with Gasteiger partial charge in [0.25, 0.3) is 0 Å². The number of ether oxygens (including phenoxy) is 1. The van der Waals surface area contributed by atoms with Crippen LogP contribution in [0.25, 0.3) is 0 Å². The van der Waals surface area contributed by atoms with Gasteiger partial charge in [0.05, 0.1) is 0 Å². The molecule has 5 heteroatoms. The first kappa shape index (κ1) is 12.5. The number of aliphatic hydroxyl groups excluding tert-OH is 1. The van der Waals surface area contributed by atoms with Crippen molar-refractivity contribution in [2.75, 3.05) is 0 Å². The lowest BCUT2D eigenvalue weighted by Crippen LogP contribution is -2.36. The van der Waals surface area contributed by atoms with Crippen molar-refractivity contribution in [1.29, 1.82) is 0 Å². The lowest BCUT2D eigenvalue weighted by atomic mass is 9.93. The van der Waals surface area contributed by atoms with Crippen molar-refractivity contribution in [2.24, 2.45) is 0 Å². The highest BCUT2D eigenvalue weighted by Gasteiger charge is 2.38. The maximum absolute atomic E-state index is 12.2. The zero-order valence-electron chi connectivity index (χ0n) is 10.4. The first-order chi connectivity index (χ1) is 9.58. The number of hydrogen-bond acceptors (Lipinski definition) is 5. The van der Waals surface area contributed by atoms with Gasteiger partial charge in [-0.1, -0.05) is 30.3 Å². The monoisotopic (exact) mass is 272 g/mol. The number of phenols is 2. The predicted octanol–water partition coefficient (Wildman–Crippen LogP) is 1.78. The highest BCUT2D eigenvalue weighted by atomic mass is 16.5. The van der Waals surface area contributed by atoms with Crippen molar-refractivity contribution in [2.45, 2.75) is 12.2 Å². The van der Waals surface area contributed by atoms with Crippen LogP contribution in [0.4, 0.5) is 0 Å². The van der Waals surface area contributed by atoms with E-state index >= 15 is 0 Å². The van der Waals surface area contributed by atoms with E-state index < -0.39 is 23.7 Å².